The maximum atomic E-state index is 13.6. The molecule has 2 fully saturated rings. The zero-order chi connectivity index (χ0) is 32.4. The molecule has 0 saturated carbocycles. The molecule has 2 atom stereocenters. The van der Waals surface area contributed by atoms with Crippen LogP contribution in [0.25, 0.3) is 0 Å². The number of piperidine rings is 2. The normalized spacial score (nSPS) is 18.2. The van der Waals surface area contributed by atoms with Gasteiger partial charge in [-0.15, -0.1) is 0 Å². The van der Waals surface area contributed by atoms with Crippen molar-refractivity contribution in [3.8, 4) is 5.75 Å². The van der Waals surface area contributed by atoms with Crippen molar-refractivity contribution in [1.29, 1.82) is 0 Å². The third-order valence-corrected chi connectivity index (χ3v) is 8.43. The summed E-state index contributed by atoms with van der Waals surface area (Å²) in [4.78, 5) is 58.5. The van der Waals surface area contributed by atoms with Crippen molar-refractivity contribution in [2.75, 3.05) is 26.2 Å². The summed E-state index contributed by atoms with van der Waals surface area (Å²) >= 11 is 0. The largest absolute Gasteiger partial charge is 0.508 e. The lowest BCUT2D eigenvalue weighted by molar-refractivity contribution is -0.155. The quantitative estimate of drug-likeness (QED) is 0.302. The van der Waals surface area contributed by atoms with Crippen LogP contribution >= 0.6 is 0 Å². The monoisotopic (exact) mass is 620 g/mol. The van der Waals surface area contributed by atoms with Gasteiger partial charge in [0.25, 0.3) is 0 Å². The summed E-state index contributed by atoms with van der Waals surface area (Å²) in [5, 5.41) is 15.9. The molecule has 3 heterocycles. The molecule has 0 aliphatic carbocycles. The zero-order valence-electron chi connectivity index (χ0n) is 26.8. The van der Waals surface area contributed by atoms with Crippen LogP contribution in [0, 0.1) is 11.8 Å². The van der Waals surface area contributed by atoms with E-state index in [2.05, 4.69) is 15.6 Å². The van der Waals surface area contributed by atoms with Crippen molar-refractivity contribution in [2.45, 2.75) is 90.2 Å². The fraction of sp³-hybridized carbons (Fsp3) is 0.571. The van der Waals surface area contributed by atoms with E-state index >= 15 is 0 Å². The van der Waals surface area contributed by atoms with Gasteiger partial charge in [-0.1, -0.05) is 18.2 Å². The number of likely N-dealkylation sites (tertiary alicyclic amines) is 1. The Balaban J connectivity index is 1.41. The molecule has 0 bridgehead atoms. The number of ketones is 1. The number of hydrogen-bond acceptors (Lipinski definition) is 8. The average molecular weight is 621 g/mol. The number of ether oxygens (including phenoxy) is 1. The molecule has 4 rings (SSSR count). The standard InChI is InChI=1S/C35H48N4O6/c1-35(2,3)45-33(43)20-31(28-17-26(21-37-22-28)19-30(41)18-25-6-9-29(40)10-7-25)38-34(44)27-5-4-16-39(23-27)32(42)11-8-24-12-14-36-15-13-24/h6-7,9-10,17,21-22,24,27,31,36,40H,4-5,8,11-16,18-20,23H2,1-3H3,(H,38,44)/t27-,31?/m1/s1. The molecular weight excluding hydrogens is 572 g/mol. The SMILES string of the molecule is CC(C)(C)OC(=O)CC(NC(=O)[C@@H]1CCCN(C(=O)CCC2CCNCC2)C1)c1cncc(CC(=O)Cc2ccc(O)cc2)c1. The molecule has 1 aromatic carbocycles. The highest BCUT2D eigenvalue weighted by molar-refractivity contribution is 5.84. The minimum atomic E-state index is -0.710. The van der Waals surface area contributed by atoms with Gasteiger partial charge in [0, 0.05) is 44.7 Å². The van der Waals surface area contributed by atoms with E-state index in [0.717, 1.165) is 44.3 Å². The van der Waals surface area contributed by atoms with Gasteiger partial charge in [-0.3, -0.25) is 24.2 Å². The lowest BCUT2D eigenvalue weighted by atomic mass is 9.92. The molecular formula is C35H48N4O6. The molecule has 2 saturated heterocycles. The van der Waals surface area contributed by atoms with Crippen LogP contribution in [-0.4, -0.2) is 70.3 Å². The van der Waals surface area contributed by atoms with E-state index in [-0.39, 0.29) is 48.5 Å². The Labute approximate surface area is 266 Å². The molecule has 10 nitrogen and oxygen atoms in total. The second-order valence-corrected chi connectivity index (χ2v) is 13.4. The number of benzene rings is 1. The first-order valence-corrected chi connectivity index (χ1v) is 16.2. The first-order valence-electron chi connectivity index (χ1n) is 16.2. The van der Waals surface area contributed by atoms with Gasteiger partial charge in [-0.25, -0.2) is 0 Å². The predicted octanol–water partition coefficient (Wildman–Crippen LogP) is 4.05. The summed E-state index contributed by atoms with van der Waals surface area (Å²) < 4.78 is 5.57. The lowest BCUT2D eigenvalue weighted by Crippen LogP contribution is -2.46. The van der Waals surface area contributed by atoms with E-state index in [9.17, 15) is 24.3 Å². The van der Waals surface area contributed by atoms with E-state index < -0.39 is 17.6 Å². The minimum Gasteiger partial charge on any atom is -0.508 e. The predicted molar refractivity (Wildman–Crippen MR) is 170 cm³/mol. The number of nitrogens with one attached hydrogen (secondary N) is 2. The topological polar surface area (TPSA) is 138 Å². The molecule has 0 spiro atoms. The summed E-state index contributed by atoms with van der Waals surface area (Å²) in [6, 6.07) is 7.61. The van der Waals surface area contributed by atoms with Crippen molar-refractivity contribution in [2.24, 2.45) is 11.8 Å². The number of Topliss-reactive ketones (excluding diaryl/α,β-unsaturated/α-hetero) is 1. The Morgan fingerprint density at radius 1 is 1.04 bits per heavy atom. The van der Waals surface area contributed by atoms with Gasteiger partial charge >= 0.3 is 5.97 Å². The average Bonchev–Trinajstić information content (AvgIpc) is 3.00. The number of phenolic OH excluding ortho intramolecular Hbond substituents is 1. The van der Waals surface area contributed by atoms with Crippen molar-refractivity contribution >= 4 is 23.6 Å². The maximum Gasteiger partial charge on any atom is 0.308 e. The van der Waals surface area contributed by atoms with E-state index in [1.807, 2.05) is 4.90 Å². The summed E-state index contributed by atoms with van der Waals surface area (Å²) in [5.74, 6) is -0.273. The van der Waals surface area contributed by atoms with Crippen LogP contribution in [0.4, 0.5) is 0 Å². The van der Waals surface area contributed by atoms with E-state index in [1.165, 1.54) is 0 Å². The third-order valence-electron chi connectivity index (χ3n) is 8.43. The molecule has 2 aliphatic heterocycles. The number of rotatable bonds is 12. The van der Waals surface area contributed by atoms with Crippen LogP contribution in [0.5, 0.6) is 5.75 Å². The van der Waals surface area contributed by atoms with Gasteiger partial charge in [-0.2, -0.15) is 0 Å². The molecule has 10 heteroatoms. The Hall–Kier alpha value is -3.79. The lowest BCUT2D eigenvalue weighted by Gasteiger charge is -2.33. The Kier molecular flexibility index (Phi) is 12.1. The van der Waals surface area contributed by atoms with Crippen LogP contribution < -0.4 is 10.6 Å². The van der Waals surface area contributed by atoms with Crippen LogP contribution in [0.1, 0.15) is 88.4 Å². The smallest absolute Gasteiger partial charge is 0.308 e. The molecule has 1 aromatic heterocycles. The number of nitrogens with zero attached hydrogens (tertiary/aromatic N) is 2. The summed E-state index contributed by atoms with van der Waals surface area (Å²) in [6.45, 7) is 8.39. The first kappa shape index (κ1) is 34.1. The van der Waals surface area contributed by atoms with Crippen LogP contribution in [0.2, 0.25) is 0 Å². The summed E-state index contributed by atoms with van der Waals surface area (Å²) in [5.41, 5.74) is 1.38. The second-order valence-electron chi connectivity index (χ2n) is 13.4. The van der Waals surface area contributed by atoms with Gasteiger partial charge in [0.1, 0.15) is 17.1 Å². The van der Waals surface area contributed by atoms with E-state index in [4.69, 9.17) is 4.74 Å². The molecule has 3 N–H and O–H groups in total. The van der Waals surface area contributed by atoms with Crippen LogP contribution in [0.15, 0.2) is 42.7 Å². The van der Waals surface area contributed by atoms with Gasteiger partial charge in [-0.05, 0) is 101 Å². The number of carbonyl (C=O) groups is 4. The highest BCUT2D eigenvalue weighted by Crippen LogP contribution is 2.25. The Morgan fingerprint density at radius 3 is 2.47 bits per heavy atom. The number of hydrogen-bond donors (Lipinski definition) is 3. The van der Waals surface area contributed by atoms with Gasteiger partial charge in [0.2, 0.25) is 11.8 Å². The number of aromatic hydroxyl groups is 1. The number of aromatic nitrogens is 1. The van der Waals surface area contributed by atoms with Gasteiger partial charge < -0.3 is 25.4 Å². The summed E-state index contributed by atoms with van der Waals surface area (Å²) in [7, 11) is 0. The van der Waals surface area contributed by atoms with Crippen LogP contribution in [-0.2, 0) is 36.8 Å². The number of esters is 1. The molecule has 2 aromatic rings. The van der Waals surface area contributed by atoms with Gasteiger partial charge in [0.05, 0.1) is 18.4 Å². The van der Waals surface area contributed by atoms with E-state index in [0.29, 0.717) is 43.0 Å². The third kappa shape index (κ3) is 11.3. The molecule has 45 heavy (non-hydrogen) atoms. The number of pyridine rings is 1. The van der Waals surface area contributed by atoms with Crippen LogP contribution in [0.3, 0.4) is 0 Å². The van der Waals surface area contributed by atoms with Crippen molar-refractivity contribution < 1.29 is 29.0 Å². The molecule has 244 valence electrons. The highest BCUT2D eigenvalue weighted by atomic mass is 16.6. The fourth-order valence-corrected chi connectivity index (χ4v) is 6.09. The minimum absolute atomic E-state index is 0.0283. The molecule has 1 unspecified atom stereocenters. The Morgan fingerprint density at radius 2 is 1.76 bits per heavy atom. The molecule has 2 aliphatic rings. The molecule has 0 radical (unpaired) electrons. The maximum absolute atomic E-state index is 13.6. The highest BCUT2D eigenvalue weighted by Gasteiger charge is 2.31. The first-order chi connectivity index (χ1) is 21.4. The van der Waals surface area contributed by atoms with E-state index in [1.54, 1.807) is 63.5 Å². The zero-order valence-corrected chi connectivity index (χ0v) is 26.8. The van der Waals surface area contributed by atoms with Crippen molar-refractivity contribution in [3.05, 3.63) is 59.4 Å². The molecule has 2 amide bonds. The van der Waals surface area contributed by atoms with Gasteiger partial charge in [0.15, 0.2) is 0 Å². The second kappa shape index (κ2) is 16.0. The van der Waals surface area contributed by atoms with Crippen molar-refractivity contribution in [3.63, 3.8) is 0 Å². The number of carbonyl (C=O) groups excluding carboxylic acids is 4. The summed E-state index contributed by atoms with van der Waals surface area (Å²) in [6.07, 6.45) is 8.43. The number of amides is 2. The number of phenols is 1. The van der Waals surface area contributed by atoms with Crippen molar-refractivity contribution in [1.82, 2.24) is 20.5 Å². The fourth-order valence-electron chi connectivity index (χ4n) is 6.09. The Bertz CT molecular complexity index is 1320.